The average Bonchev–Trinajstić information content (AvgIpc) is 2.94. The lowest BCUT2D eigenvalue weighted by Crippen LogP contribution is -2.60. The van der Waals surface area contributed by atoms with E-state index < -0.39 is 79.2 Å². The first-order chi connectivity index (χ1) is 20.6. The molecule has 2 rings (SSSR count). The van der Waals surface area contributed by atoms with Crippen molar-refractivity contribution in [1.82, 2.24) is 0 Å². The van der Waals surface area contributed by atoms with Crippen LogP contribution in [0.3, 0.4) is 0 Å². The summed E-state index contributed by atoms with van der Waals surface area (Å²) in [5.74, 6) is -21.2. The zero-order chi connectivity index (χ0) is 34.3. The molecule has 0 spiro atoms. The molecule has 0 amide bonds. The molecule has 0 N–H and O–H groups in total. The molecule has 254 valence electrons. The molecule has 0 aliphatic rings. The van der Waals surface area contributed by atoms with Crippen LogP contribution in [0.2, 0.25) is 0 Å². The van der Waals surface area contributed by atoms with E-state index in [2.05, 4.69) is 4.74 Å². The highest BCUT2D eigenvalue weighted by Gasteiger charge is 2.81. The van der Waals surface area contributed by atoms with Crippen molar-refractivity contribution >= 4 is 5.97 Å². The van der Waals surface area contributed by atoms with Crippen LogP contribution >= 0.6 is 0 Å². The van der Waals surface area contributed by atoms with Crippen LogP contribution in [-0.4, -0.2) is 63.0 Å². The van der Waals surface area contributed by atoms with Crippen LogP contribution in [0.1, 0.15) is 31.7 Å². The highest BCUT2D eigenvalue weighted by molar-refractivity contribution is 5.82. The van der Waals surface area contributed by atoms with Crippen LogP contribution in [0.5, 0.6) is 11.5 Å². The fourth-order valence-corrected chi connectivity index (χ4v) is 3.85. The molecule has 45 heavy (non-hydrogen) atoms. The first-order valence-electron chi connectivity index (χ1n) is 13.0. The molecule has 2 aromatic carbocycles. The number of hydrogen-bond acceptors (Lipinski definition) is 5. The second-order valence-corrected chi connectivity index (χ2v) is 9.86. The molecule has 17 heteroatoms. The topological polar surface area (TPSA) is 54.0 Å². The molecule has 2 atom stereocenters. The van der Waals surface area contributed by atoms with Gasteiger partial charge in [0, 0.05) is 19.1 Å². The fraction of sp³-hybridized carbons (Fsp3) is 0.536. The van der Waals surface area contributed by atoms with Crippen LogP contribution in [0.15, 0.2) is 54.6 Å². The highest BCUT2D eigenvalue weighted by Crippen LogP contribution is 2.54. The van der Waals surface area contributed by atoms with E-state index in [1.165, 1.54) is 42.5 Å². The van der Waals surface area contributed by atoms with Crippen LogP contribution < -0.4 is 9.47 Å². The molecule has 0 aliphatic carbocycles. The summed E-state index contributed by atoms with van der Waals surface area (Å²) in [5.41, 5.74) is -3.79. The highest BCUT2D eigenvalue weighted by atomic mass is 19.4. The Morgan fingerprint density at radius 1 is 0.711 bits per heavy atom. The Balaban J connectivity index is 1.82. The van der Waals surface area contributed by atoms with Gasteiger partial charge in [-0.2, -0.15) is 52.7 Å². The predicted octanol–water partition coefficient (Wildman–Crippen LogP) is 8.37. The van der Waals surface area contributed by atoms with Crippen molar-refractivity contribution in [2.45, 2.75) is 61.9 Å². The van der Waals surface area contributed by atoms with Crippen molar-refractivity contribution in [1.29, 1.82) is 0 Å². The van der Waals surface area contributed by atoms with Gasteiger partial charge >= 0.3 is 36.1 Å². The number of benzene rings is 2. The van der Waals surface area contributed by atoms with Crippen molar-refractivity contribution in [3.8, 4) is 11.5 Å². The van der Waals surface area contributed by atoms with Crippen LogP contribution in [0.4, 0.5) is 52.7 Å². The number of halogens is 12. The van der Waals surface area contributed by atoms with Crippen molar-refractivity contribution in [3.05, 3.63) is 60.2 Å². The van der Waals surface area contributed by atoms with E-state index in [4.69, 9.17) is 14.2 Å². The summed E-state index contributed by atoms with van der Waals surface area (Å²) in [6, 6.07) is 11.4. The summed E-state index contributed by atoms with van der Waals surface area (Å²) in [6.45, 7) is 0.477. The van der Waals surface area contributed by atoms with Crippen molar-refractivity contribution in [3.63, 3.8) is 0 Å². The van der Waals surface area contributed by atoms with Crippen molar-refractivity contribution in [2.75, 3.05) is 26.9 Å². The first-order valence-corrected chi connectivity index (χ1v) is 13.0. The van der Waals surface area contributed by atoms with E-state index in [0.29, 0.717) is 0 Å². The number of ether oxygens (including phenoxy) is 4. The van der Waals surface area contributed by atoms with Gasteiger partial charge in [0.15, 0.2) is 0 Å². The zero-order valence-electron chi connectivity index (χ0n) is 23.6. The molecule has 0 heterocycles. The quantitative estimate of drug-likeness (QED) is 0.102. The molecule has 0 fully saturated rings. The third kappa shape index (κ3) is 8.47. The number of alkyl halides is 12. The Labute approximate surface area is 249 Å². The number of carbonyl (C=O) groups is 1. The van der Waals surface area contributed by atoms with Gasteiger partial charge in [-0.25, -0.2) is 4.79 Å². The number of esters is 1. The van der Waals surface area contributed by atoms with Gasteiger partial charge in [0.25, 0.3) is 5.60 Å². The Kier molecular flexibility index (Phi) is 12.1. The normalized spacial score (nSPS) is 15.2. The summed E-state index contributed by atoms with van der Waals surface area (Å²) >= 11 is 0. The van der Waals surface area contributed by atoms with Gasteiger partial charge in [0.2, 0.25) is 0 Å². The van der Waals surface area contributed by atoms with Gasteiger partial charge < -0.3 is 18.9 Å². The third-order valence-corrected chi connectivity index (χ3v) is 6.49. The van der Waals surface area contributed by atoms with Crippen molar-refractivity contribution < 1.29 is 76.4 Å². The minimum atomic E-state index is -6.95. The number of methoxy groups -OCH3 is 1. The number of rotatable bonds is 16. The molecule has 0 bridgehead atoms. The number of hydrogen-bond donors (Lipinski definition) is 0. The van der Waals surface area contributed by atoms with E-state index in [0.717, 1.165) is 19.2 Å². The van der Waals surface area contributed by atoms with E-state index in [-0.39, 0.29) is 24.5 Å². The van der Waals surface area contributed by atoms with Crippen LogP contribution in [0, 0.1) is 5.92 Å². The Bertz CT molecular complexity index is 1220. The molecule has 0 saturated carbocycles. The maximum absolute atomic E-state index is 13.9. The Hall–Kier alpha value is -3.37. The molecular formula is C28H28F12O5. The summed E-state index contributed by atoms with van der Waals surface area (Å²) < 4.78 is 178. The number of carbonyl (C=O) groups excluding carboxylic acids is 1. The van der Waals surface area contributed by atoms with E-state index in [1.54, 1.807) is 6.92 Å². The largest absolute Gasteiger partial charge is 0.494 e. The fourth-order valence-electron chi connectivity index (χ4n) is 3.85. The van der Waals surface area contributed by atoms with Gasteiger partial charge in [-0.3, -0.25) is 0 Å². The molecule has 0 aromatic heterocycles. The van der Waals surface area contributed by atoms with Gasteiger partial charge in [-0.05, 0) is 43.0 Å². The smallest absolute Gasteiger partial charge is 0.460 e. The maximum atomic E-state index is 13.9. The Morgan fingerprint density at radius 2 is 1.22 bits per heavy atom. The van der Waals surface area contributed by atoms with Gasteiger partial charge in [0.1, 0.15) is 11.5 Å². The van der Waals surface area contributed by atoms with Gasteiger partial charge in [0.05, 0.1) is 19.8 Å². The molecular weight excluding hydrogens is 644 g/mol. The molecule has 5 nitrogen and oxygen atoms in total. The second kappa shape index (κ2) is 14.4. The van der Waals surface area contributed by atoms with E-state index in [9.17, 15) is 57.5 Å². The average molecular weight is 673 g/mol. The maximum Gasteiger partial charge on any atom is 0.460 e. The molecule has 2 aromatic rings. The zero-order valence-corrected chi connectivity index (χ0v) is 23.6. The van der Waals surface area contributed by atoms with E-state index in [1.807, 2.05) is 0 Å². The Morgan fingerprint density at radius 3 is 1.69 bits per heavy atom. The lowest BCUT2D eigenvalue weighted by molar-refractivity contribution is -0.396. The van der Waals surface area contributed by atoms with Crippen molar-refractivity contribution in [2.24, 2.45) is 5.92 Å². The second-order valence-electron chi connectivity index (χ2n) is 9.86. The minimum Gasteiger partial charge on any atom is -0.494 e. The van der Waals surface area contributed by atoms with Gasteiger partial charge in [-0.15, -0.1) is 0 Å². The summed E-state index contributed by atoms with van der Waals surface area (Å²) in [5, 5.41) is 0. The van der Waals surface area contributed by atoms with Gasteiger partial charge in [-0.1, -0.05) is 37.3 Å². The SMILES string of the molecule is CO[C@](C(=O)OC[C@H](C)CCOc1ccc(OCCCC(F)(F)C(F)(F)C(F)(F)C(F)(F)F)cc1)(c1ccccc1)C(F)(F)F. The third-order valence-electron chi connectivity index (χ3n) is 6.49. The summed E-state index contributed by atoms with van der Waals surface area (Å²) in [6.07, 6.45) is -14.8. The lowest BCUT2D eigenvalue weighted by Gasteiger charge is -2.33. The summed E-state index contributed by atoms with van der Waals surface area (Å²) in [7, 11) is 0.738. The predicted molar refractivity (Wildman–Crippen MR) is 133 cm³/mol. The molecule has 0 saturated heterocycles. The molecule has 0 unspecified atom stereocenters. The van der Waals surface area contributed by atoms with Crippen LogP contribution in [0.25, 0.3) is 0 Å². The minimum absolute atomic E-state index is 0.00281. The monoisotopic (exact) mass is 672 g/mol. The summed E-state index contributed by atoms with van der Waals surface area (Å²) in [4.78, 5) is 12.6. The van der Waals surface area contributed by atoms with Crippen LogP contribution in [-0.2, 0) is 19.9 Å². The lowest BCUT2D eigenvalue weighted by atomic mass is 9.92. The molecule has 0 aliphatic heterocycles. The first kappa shape index (κ1) is 37.8. The molecule has 0 radical (unpaired) electrons. The van der Waals surface area contributed by atoms with E-state index >= 15 is 0 Å². The standard InChI is InChI=1S/C28H28F12O5/c1-18(17-45-22(41)24(42-2,27(35,36)37)19-7-4-3-5-8-19)13-16-44-21-11-9-20(10-12-21)43-15-6-14-23(29,30)25(31,32)26(33,34)28(38,39)40/h3-5,7-12,18H,6,13-17H2,1-2H3/t18-,24+/m1/s1.